The maximum absolute atomic E-state index is 13.5. The number of cyclic esters (lactones) is 1. The van der Waals surface area contributed by atoms with E-state index in [2.05, 4.69) is 35.9 Å². The van der Waals surface area contributed by atoms with Gasteiger partial charge in [0.25, 0.3) is 0 Å². The monoisotopic (exact) mass is 649 g/mol. The maximum Gasteiger partial charge on any atom is 0.410 e. The number of ether oxygens (including phenoxy) is 2. The molecule has 260 valence electrons. The molecule has 1 saturated carbocycles. The lowest BCUT2D eigenvalue weighted by atomic mass is 9.87. The van der Waals surface area contributed by atoms with E-state index >= 15 is 0 Å². The zero-order valence-corrected chi connectivity index (χ0v) is 29.7. The smallest absolute Gasteiger partial charge is 0.410 e. The van der Waals surface area contributed by atoms with Crippen LogP contribution in [0.3, 0.4) is 0 Å². The second kappa shape index (κ2) is 17.4. The first kappa shape index (κ1) is 36.9. The van der Waals surface area contributed by atoms with Crippen LogP contribution in [0, 0.1) is 18.8 Å². The highest BCUT2D eigenvalue weighted by Crippen LogP contribution is 2.30. The van der Waals surface area contributed by atoms with Gasteiger partial charge >= 0.3 is 12.1 Å². The van der Waals surface area contributed by atoms with Crippen molar-refractivity contribution in [2.45, 2.75) is 129 Å². The van der Waals surface area contributed by atoms with Crippen molar-refractivity contribution in [1.29, 1.82) is 0 Å². The number of carbonyl (C=O) groups excluding carboxylic acids is 2. The molecule has 2 fully saturated rings. The van der Waals surface area contributed by atoms with Crippen LogP contribution in [0.2, 0.25) is 0 Å². The van der Waals surface area contributed by atoms with Crippen LogP contribution in [0.1, 0.15) is 110 Å². The van der Waals surface area contributed by atoms with E-state index in [9.17, 15) is 14.7 Å². The number of allylic oxidation sites excluding steroid dienone is 3. The van der Waals surface area contributed by atoms with Crippen molar-refractivity contribution in [3.8, 4) is 0 Å². The summed E-state index contributed by atoms with van der Waals surface area (Å²) in [5.41, 5.74) is 1.81. The fourth-order valence-electron chi connectivity index (χ4n) is 7.23. The van der Waals surface area contributed by atoms with E-state index in [1.165, 1.54) is 38.5 Å². The average Bonchev–Trinajstić information content (AvgIpc) is 3.34. The van der Waals surface area contributed by atoms with Crippen molar-refractivity contribution in [2.75, 3.05) is 26.2 Å². The summed E-state index contributed by atoms with van der Waals surface area (Å²) in [5, 5.41) is 11.6. The highest BCUT2D eigenvalue weighted by atomic mass is 16.6. The van der Waals surface area contributed by atoms with E-state index < -0.39 is 17.8 Å². The molecular weight excluding hydrogens is 590 g/mol. The van der Waals surface area contributed by atoms with Gasteiger partial charge in [-0.25, -0.2) is 4.79 Å². The largest absolute Gasteiger partial charge is 0.457 e. The highest BCUT2D eigenvalue weighted by molar-refractivity contribution is 5.70. The fourth-order valence-corrected chi connectivity index (χ4v) is 7.23. The third kappa shape index (κ3) is 10.8. The Labute approximate surface area is 283 Å². The Morgan fingerprint density at radius 1 is 1.11 bits per heavy atom. The molecule has 0 radical (unpaired) electrons. The van der Waals surface area contributed by atoms with Gasteiger partial charge in [-0.15, -0.1) is 0 Å². The minimum atomic E-state index is -1.28. The zero-order chi connectivity index (χ0) is 34.0. The van der Waals surface area contributed by atoms with E-state index in [1.54, 1.807) is 17.9 Å². The number of amides is 1. The third-order valence-corrected chi connectivity index (χ3v) is 10.4. The average molecular weight is 650 g/mol. The summed E-state index contributed by atoms with van der Waals surface area (Å²) in [6, 6.07) is 4.63. The molecule has 1 saturated heterocycles. The van der Waals surface area contributed by atoms with Gasteiger partial charge in [0, 0.05) is 62.4 Å². The molecule has 4 rings (SSSR count). The van der Waals surface area contributed by atoms with Gasteiger partial charge in [-0.05, 0) is 75.7 Å². The Morgan fingerprint density at radius 2 is 1.81 bits per heavy atom. The summed E-state index contributed by atoms with van der Waals surface area (Å²) < 4.78 is 12.2. The normalized spacial score (nSPS) is 30.9. The molecule has 1 unspecified atom stereocenters. The van der Waals surface area contributed by atoms with Crippen molar-refractivity contribution in [3.05, 3.63) is 65.5 Å². The molecule has 1 N–H and O–H groups in total. The molecule has 6 atom stereocenters. The number of rotatable bonds is 6. The molecule has 1 aliphatic carbocycles. The summed E-state index contributed by atoms with van der Waals surface area (Å²) in [5.74, 6) is -0.319. The standard InChI is InChI=1S/C39H59N3O5/c1-28-20-21-39(6,45)34(46-38(44)42-25-23-41(24-26-42)33-16-9-7-8-10-17-33)19-18-32(5)37(47-35(43)27-28)31(4)14-11-13-29(2)36-30(3)15-12-22-40-36/h11-15,18-19,22,28-29,32-34,37,45H,7-10,16-17,20-21,23-27H2,1-6H3/b13-11+,19-18+,31-14+/t28-,29?,32+,34+,37-,39-/m1/s1. The van der Waals surface area contributed by atoms with Crippen LogP contribution in [-0.4, -0.2) is 82.0 Å². The Bertz CT molecular complexity index is 1260. The van der Waals surface area contributed by atoms with E-state index in [0.29, 0.717) is 32.0 Å². The molecular formula is C39H59N3O5. The maximum atomic E-state index is 13.5. The highest BCUT2D eigenvalue weighted by Gasteiger charge is 2.37. The van der Waals surface area contributed by atoms with Crippen LogP contribution in [0.4, 0.5) is 4.79 Å². The Balaban J connectivity index is 1.46. The second-order valence-corrected chi connectivity index (χ2v) is 14.6. The second-order valence-electron chi connectivity index (χ2n) is 14.6. The van der Waals surface area contributed by atoms with Crippen molar-refractivity contribution >= 4 is 12.1 Å². The van der Waals surface area contributed by atoms with Gasteiger partial charge in [0.2, 0.25) is 0 Å². The summed E-state index contributed by atoms with van der Waals surface area (Å²) in [4.78, 5) is 35.4. The predicted octanol–water partition coefficient (Wildman–Crippen LogP) is 7.52. The number of hydrogen-bond acceptors (Lipinski definition) is 7. The quantitative estimate of drug-likeness (QED) is 0.148. The molecule has 47 heavy (non-hydrogen) atoms. The summed E-state index contributed by atoms with van der Waals surface area (Å²) in [6.07, 6.45) is 18.9. The summed E-state index contributed by atoms with van der Waals surface area (Å²) in [6.45, 7) is 14.9. The van der Waals surface area contributed by atoms with Gasteiger partial charge in [0.05, 0.1) is 0 Å². The number of esters is 1. The first-order valence-electron chi connectivity index (χ1n) is 18.0. The fraction of sp³-hybridized carbons (Fsp3) is 0.667. The van der Waals surface area contributed by atoms with Gasteiger partial charge in [-0.1, -0.05) is 76.8 Å². The number of piperazine rings is 1. The molecule has 3 aliphatic rings. The van der Waals surface area contributed by atoms with Gasteiger partial charge in [-0.3, -0.25) is 14.7 Å². The number of aryl methyl sites for hydroxylation is 1. The van der Waals surface area contributed by atoms with Crippen molar-refractivity contribution in [1.82, 2.24) is 14.8 Å². The molecule has 8 nitrogen and oxygen atoms in total. The van der Waals surface area contributed by atoms with Gasteiger partial charge in [-0.2, -0.15) is 0 Å². The van der Waals surface area contributed by atoms with Crippen LogP contribution < -0.4 is 0 Å². The number of nitrogens with zero attached hydrogens (tertiary/aromatic N) is 3. The predicted molar refractivity (Wildman–Crippen MR) is 187 cm³/mol. The van der Waals surface area contributed by atoms with Crippen LogP contribution in [0.5, 0.6) is 0 Å². The number of aromatic nitrogens is 1. The number of hydrogen-bond donors (Lipinski definition) is 1. The number of aliphatic hydroxyl groups is 1. The van der Waals surface area contributed by atoms with Crippen molar-refractivity contribution in [3.63, 3.8) is 0 Å². The molecule has 0 spiro atoms. The summed E-state index contributed by atoms with van der Waals surface area (Å²) >= 11 is 0. The van der Waals surface area contributed by atoms with Gasteiger partial charge < -0.3 is 19.5 Å². The number of carbonyl (C=O) groups is 2. The summed E-state index contributed by atoms with van der Waals surface area (Å²) in [7, 11) is 0. The zero-order valence-electron chi connectivity index (χ0n) is 29.7. The Kier molecular flexibility index (Phi) is 13.7. The van der Waals surface area contributed by atoms with Crippen LogP contribution in [-0.2, 0) is 14.3 Å². The minimum Gasteiger partial charge on any atom is -0.457 e. The van der Waals surface area contributed by atoms with Crippen LogP contribution in [0.25, 0.3) is 0 Å². The van der Waals surface area contributed by atoms with E-state index in [-0.39, 0.29) is 36.2 Å². The lowest BCUT2D eigenvalue weighted by molar-refractivity contribution is -0.150. The molecule has 0 aromatic carbocycles. The van der Waals surface area contributed by atoms with Gasteiger partial charge in [0.15, 0.2) is 6.10 Å². The van der Waals surface area contributed by atoms with Crippen LogP contribution >= 0.6 is 0 Å². The SMILES string of the molecule is C/C(=C\C=C\C(C)c1ncccc1C)[C@H]1OC(=O)C[C@H](C)CC[C@@](C)(O)[C@@H](OC(=O)N2CCN(C3CCCCCC3)CC2)/C=C/[C@@H]1C. The third-order valence-electron chi connectivity index (χ3n) is 10.4. The minimum absolute atomic E-state index is 0.00777. The molecule has 3 heterocycles. The van der Waals surface area contributed by atoms with E-state index in [4.69, 9.17) is 9.47 Å². The van der Waals surface area contributed by atoms with Gasteiger partial charge in [0.1, 0.15) is 11.7 Å². The molecule has 0 bridgehead atoms. The Morgan fingerprint density at radius 3 is 2.49 bits per heavy atom. The van der Waals surface area contributed by atoms with Crippen molar-refractivity contribution in [2.24, 2.45) is 11.8 Å². The Hall–Kier alpha value is -2.97. The molecule has 1 aromatic heterocycles. The van der Waals surface area contributed by atoms with E-state index in [1.807, 2.05) is 51.3 Å². The topological polar surface area (TPSA) is 92.2 Å². The van der Waals surface area contributed by atoms with Crippen LogP contribution in [0.15, 0.2) is 54.3 Å². The molecule has 2 aliphatic heterocycles. The number of pyridine rings is 1. The molecule has 1 amide bonds. The first-order valence-corrected chi connectivity index (χ1v) is 18.0. The van der Waals surface area contributed by atoms with Crippen molar-refractivity contribution < 1.29 is 24.2 Å². The molecule has 1 aromatic rings. The lowest BCUT2D eigenvalue weighted by Crippen LogP contribution is -2.53. The lowest BCUT2D eigenvalue weighted by Gasteiger charge is -2.40. The first-order chi connectivity index (χ1) is 22.4. The molecule has 8 heteroatoms. The van der Waals surface area contributed by atoms with E-state index in [0.717, 1.165) is 29.9 Å².